The van der Waals surface area contributed by atoms with E-state index in [4.69, 9.17) is 9.84 Å². The molecule has 0 aliphatic carbocycles. The molecule has 1 rings (SSSR count). The van der Waals surface area contributed by atoms with Gasteiger partial charge in [0.2, 0.25) is 5.91 Å². The van der Waals surface area contributed by atoms with E-state index in [2.05, 4.69) is 5.32 Å². The first-order chi connectivity index (χ1) is 8.88. The van der Waals surface area contributed by atoms with E-state index in [1.54, 1.807) is 12.1 Å². The van der Waals surface area contributed by atoms with E-state index >= 15 is 0 Å². The molecule has 4 nitrogen and oxygen atoms in total. The van der Waals surface area contributed by atoms with Crippen molar-refractivity contribution in [1.29, 1.82) is 0 Å². The summed E-state index contributed by atoms with van der Waals surface area (Å²) in [4.78, 5) is 11.6. The second-order valence-corrected chi connectivity index (χ2v) is 4.28. The highest BCUT2D eigenvalue weighted by molar-refractivity contribution is 5.79. The van der Waals surface area contributed by atoms with E-state index in [9.17, 15) is 13.6 Å². The molecule has 0 saturated heterocycles. The minimum atomic E-state index is -3.30. The smallest absolute Gasteiger partial charge is 0.287 e. The summed E-state index contributed by atoms with van der Waals surface area (Å²) >= 11 is 0. The summed E-state index contributed by atoms with van der Waals surface area (Å²) in [5.41, 5.74) is 1.58. The number of hydrogen-bond donors (Lipinski definition) is 2. The molecular formula is C13H17F2NO3. The molecule has 0 aromatic heterocycles. The Morgan fingerprint density at radius 3 is 2.74 bits per heavy atom. The van der Waals surface area contributed by atoms with Gasteiger partial charge in [-0.25, -0.2) is 8.78 Å². The number of aliphatic hydroxyl groups is 1. The Balaban J connectivity index is 2.64. The number of ether oxygens (including phenoxy) is 1. The zero-order valence-electron chi connectivity index (χ0n) is 10.9. The third-order valence-electron chi connectivity index (χ3n) is 2.56. The molecule has 19 heavy (non-hydrogen) atoms. The van der Waals surface area contributed by atoms with E-state index in [0.717, 1.165) is 5.56 Å². The molecule has 0 radical (unpaired) electrons. The third kappa shape index (κ3) is 4.82. The van der Waals surface area contributed by atoms with Gasteiger partial charge in [-0.15, -0.1) is 0 Å². The van der Waals surface area contributed by atoms with Gasteiger partial charge in [0, 0.05) is 5.56 Å². The molecule has 0 spiro atoms. The van der Waals surface area contributed by atoms with Crippen LogP contribution in [0, 0.1) is 6.92 Å². The fraction of sp³-hybridized carbons (Fsp3) is 0.462. The Hall–Kier alpha value is -1.69. The number of aryl methyl sites for hydroxylation is 1. The third-order valence-corrected chi connectivity index (χ3v) is 2.56. The molecule has 0 heterocycles. The number of nitrogens with one attached hydrogen (secondary N) is 1. The number of carbonyl (C=O) groups excluding carboxylic acids is 1. The molecule has 0 unspecified atom stereocenters. The standard InChI is InChI=1S/C13H17F2NO3/c1-9-3-4-11(19-2)10(5-9)6-12(18)16-7-13(14,15)8-17/h3-5,17H,6-8H2,1-2H3,(H,16,18). The number of methoxy groups -OCH3 is 1. The monoisotopic (exact) mass is 273 g/mol. The Bertz CT molecular complexity index is 450. The predicted molar refractivity (Wildman–Crippen MR) is 66.5 cm³/mol. The number of alkyl halides is 2. The lowest BCUT2D eigenvalue weighted by Gasteiger charge is -2.14. The van der Waals surface area contributed by atoms with Crippen LogP contribution in [0.1, 0.15) is 11.1 Å². The largest absolute Gasteiger partial charge is 0.496 e. The van der Waals surface area contributed by atoms with Crippen LogP contribution in [0.15, 0.2) is 18.2 Å². The summed E-state index contributed by atoms with van der Waals surface area (Å²) in [5.74, 6) is -3.31. The van der Waals surface area contributed by atoms with Gasteiger partial charge in [0.15, 0.2) is 0 Å². The predicted octanol–water partition coefficient (Wildman–Crippen LogP) is 1.29. The maximum atomic E-state index is 12.8. The number of carbonyl (C=O) groups is 1. The summed E-state index contributed by atoms with van der Waals surface area (Å²) in [6.45, 7) is -0.307. The number of amides is 1. The van der Waals surface area contributed by atoms with Crippen molar-refractivity contribution in [1.82, 2.24) is 5.32 Å². The summed E-state index contributed by atoms with van der Waals surface area (Å²) in [6.07, 6.45) is -0.0492. The minimum absolute atomic E-state index is 0.0492. The van der Waals surface area contributed by atoms with Crippen molar-refractivity contribution in [2.45, 2.75) is 19.3 Å². The van der Waals surface area contributed by atoms with Gasteiger partial charge in [0.1, 0.15) is 12.4 Å². The maximum Gasteiger partial charge on any atom is 0.287 e. The molecule has 6 heteroatoms. The first kappa shape index (κ1) is 15.4. The fourth-order valence-corrected chi connectivity index (χ4v) is 1.56. The lowest BCUT2D eigenvalue weighted by Crippen LogP contribution is -2.39. The minimum Gasteiger partial charge on any atom is -0.496 e. The second kappa shape index (κ2) is 6.47. The molecule has 2 N–H and O–H groups in total. The molecule has 0 aliphatic rings. The summed E-state index contributed by atoms with van der Waals surface area (Å²) in [7, 11) is 1.48. The molecule has 0 aliphatic heterocycles. The van der Waals surface area contributed by atoms with Gasteiger partial charge in [0.05, 0.1) is 20.1 Å². The number of benzene rings is 1. The van der Waals surface area contributed by atoms with Crippen molar-refractivity contribution in [3.63, 3.8) is 0 Å². The highest BCUT2D eigenvalue weighted by atomic mass is 19.3. The SMILES string of the molecule is COc1ccc(C)cc1CC(=O)NCC(F)(F)CO. The van der Waals surface area contributed by atoms with Gasteiger partial charge in [-0.05, 0) is 13.0 Å². The molecule has 0 saturated carbocycles. The van der Waals surface area contributed by atoms with Gasteiger partial charge < -0.3 is 15.2 Å². The van der Waals surface area contributed by atoms with Crippen LogP contribution in [0.4, 0.5) is 8.78 Å². The number of aliphatic hydroxyl groups excluding tert-OH is 1. The lowest BCUT2D eigenvalue weighted by molar-refractivity contribution is -0.123. The summed E-state index contributed by atoms with van der Waals surface area (Å²) < 4.78 is 30.6. The van der Waals surface area contributed by atoms with Gasteiger partial charge in [-0.1, -0.05) is 17.7 Å². The normalized spacial score (nSPS) is 11.2. The maximum absolute atomic E-state index is 12.8. The van der Waals surface area contributed by atoms with Crippen LogP contribution in [-0.2, 0) is 11.2 Å². The fourth-order valence-electron chi connectivity index (χ4n) is 1.56. The Labute approximate surface area is 110 Å². The first-order valence-corrected chi connectivity index (χ1v) is 5.77. The zero-order valence-corrected chi connectivity index (χ0v) is 10.9. The van der Waals surface area contributed by atoms with Crippen LogP contribution in [0.2, 0.25) is 0 Å². The van der Waals surface area contributed by atoms with Crippen LogP contribution >= 0.6 is 0 Å². The van der Waals surface area contributed by atoms with Crippen molar-refractivity contribution in [2.75, 3.05) is 20.3 Å². The van der Waals surface area contributed by atoms with Gasteiger partial charge in [-0.2, -0.15) is 0 Å². The van der Waals surface area contributed by atoms with Crippen LogP contribution in [-0.4, -0.2) is 37.2 Å². The van der Waals surface area contributed by atoms with Crippen LogP contribution in [0.25, 0.3) is 0 Å². The lowest BCUT2D eigenvalue weighted by atomic mass is 10.1. The Kier molecular flexibility index (Phi) is 5.23. The molecule has 0 atom stereocenters. The highest BCUT2D eigenvalue weighted by Crippen LogP contribution is 2.20. The molecule has 106 valence electrons. The van der Waals surface area contributed by atoms with Gasteiger partial charge in [-0.3, -0.25) is 4.79 Å². The molecule has 1 amide bonds. The van der Waals surface area contributed by atoms with Gasteiger partial charge in [0.25, 0.3) is 5.92 Å². The first-order valence-electron chi connectivity index (χ1n) is 5.77. The van der Waals surface area contributed by atoms with E-state index in [1.165, 1.54) is 7.11 Å². The Morgan fingerprint density at radius 1 is 1.47 bits per heavy atom. The summed E-state index contributed by atoms with van der Waals surface area (Å²) in [6, 6.07) is 5.32. The van der Waals surface area contributed by atoms with Crippen LogP contribution < -0.4 is 10.1 Å². The molecule has 1 aromatic carbocycles. The van der Waals surface area contributed by atoms with Crippen molar-refractivity contribution >= 4 is 5.91 Å². The zero-order chi connectivity index (χ0) is 14.5. The molecule has 0 fully saturated rings. The molecular weight excluding hydrogens is 256 g/mol. The number of halogens is 2. The average molecular weight is 273 g/mol. The van der Waals surface area contributed by atoms with Crippen LogP contribution in [0.5, 0.6) is 5.75 Å². The van der Waals surface area contributed by atoms with E-state index < -0.39 is 25.0 Å². The van der Waals surface area contributed by atoms with Crippen molar-refractivity contribution in [3.05, 3.63) is 29.3 Å². The highest BCUT2D eigenvalue weighted by Gasteiger charge is 2.28. The second-order valence-electron chi connectivity index (χ2n) is 4.28. The number of rotatable bonds is 6. The van der Waals surface area contributed by atoms with Crippen molar-refractivity contribution < 1.29 is 23.4 Å². The van der Waals surface area contributed by atoms with E-state index in [-0.39, 0.29) is 6.42 Å². The van der Waals surface area contributed by atoms with Crippen LogP contribution in [0.3, 0.4) is 0 Å². The topological polar surface area (TPSA) is 58.6 Å². The van der Waals surface area contributed by atoms with Crippen molar-refractivity contribution in [3.8, 4) is 5.75 Å². The number of hydrogen-bond acceptors (Lipinski definition) is 3. The van der Waals surface area contributed by atoms with E-state index in [0.29, 0.717) is 11.3 Å². The van der Waals surface area contributed by atoms with Gasteiger partial charge >= 0.3 is 0 Å². The Morgan fingerprint density at radius 2 is 2.16 bits per heavy atom. The van der Waals surface area contributed by atoms with E-state index in [1.807, 2.05) is 13.0 Å². The molecule has 0 bridgehead atoms. The quantitative estimate of drug-likeness (QED) is 0.821. The molecule has 1 aromatic rings. The van der Waals surface area contributed by atoms with Crippen molar-refractivity contribution in [2.24, 2.45) is 0 Å². The average Bonchev–Trinajstić information content (AvgIpc) is 2.37. The summed E-state index contributed by atoms with van der Waals surface area (Å²) in [5, 5.41) is 10.5.